The molecule has 0 aliphatic rings. The summed E-state index contributed by atoms with van der Waals surface area (Å²) < 4.78 is 0.888. The maximum absolute atomic E-state index is 4.40. The molecule has 2 aromatic rings. The maximum atomic E-state index is 4.40. The van der Waals surface area contributed by atoms with Crippen LogP contribution in [0.2, 0.25) is 0 Å². The van der Waals surface area contributed by atoms with Gasteiger partial charge < -0.3 is 5.32 Å². The molecule has 0 aliphatic heterocycles. The molecule has 2 rings (SSSR count). The Kier molecular flexibility index (Phi) is 3.71. The molecule has 0 amide bonds. The number of hydrogen-bond acceptors (Lipinski definition) is 5. The van der Waals surface area contributed by atoms with Gasteiger partial charge in [-0.15, -0.1) is 22.7 Å². The highest BCUT2D eigenvalue weighted by atomic mass is 79.9. The first kappa shape index (κ1) is 11.0. The van der Waals surface area contributed by atoms with Gasteiger partial charge in [0.15, 0.2) is 5.13 Å². The van der Waals surface area contributed by atoms with Crippen LogP contribution >= 0.6 is 38.6 Å². The van der Waals surface area contributed by atoms with Crippen molar-refractivity contribution in [2.45, 2.75) is 13.3 Å². The number of aryl methyl sites for hydroxylation is 1. The Balaban J connectivity index is 1.80. The van der Waals surface area contributed by atoms with Gasteiger partial charge >= 0.3 is 0 Å². The molecule has 0 fully saturated rings. The zero-order chi connectivity index (χ0) is 10.7. The zero-order valence-electron chi connectivity index (χ0n) is 8.16. The molecule has 0 unspecified atom stereocenters. The molecule has 0 spiro atoms. The Bertz CT molecular complexity index is 398. The SMILES string of the molecule is Cc1nc(CCNc2nc(Br)cs2)cs1. The number of thiazole rings is 2. The standard InChI is InChI=1S/C9H10BrN3S2/c1-6-12-7(4-14-6)2-3-11-9-13-8(10)5-15-9/h4-5H,2-3H2,1H3,(H,11,13). The van der Waals surface area contributed by atoms with E-state index in [1.165, 1.54) is 0 Å². The third kappa shape index (κ3) is 3.25. The van der Waals surface area contributed by atoms with Gasteiger partial charge in [-0.05, 0) is 22.9 Å². The molecule has 0 saturated heterocycles. The van der Waals surface area contributed by atoms with Gasteiger partial charge in [0.25, 0.3) is 0 Å². The van der Waals surface area contributed by atoms with Crippen molar-refractivity contribution < 1.29 is 0 Å². The predicted octanol–water partition coefficient (Wildman–Crippen LogP) is 3.33. The van der Waals surface area contributed by atoms with E-state index in [9.17, 15) is 0 Å². The number of rotatable bonds is 4. The van der Waals surface area contributed by atoms with Crippen molar-refractivity contribution in [3.05, 3.63) is 26.1 Å². The molecule has 15 heavy (non-hydrogen) atoms. The summed E-state index contributed by atoms with van der Waals surface area (Å²) in [7, 11) is 0. The number of nitrogens with one attached hydrogen (secondary N) is 1. The molecule has 0 bridgehead atoms. The third-order valence-corrected chi connectivity index (χ3v) is 4.13. The number of halogens is 1. The second-order valence-electron chi connectivity index (χ2n) is 3.01. The van der Waals surface area contributed by atoms with Crippen molar-refractivity contribution in [3.8, 4) is 0 Å². The van der Waals surface area contributed by atoms with Crippen molar-refractivity contribution in [2.75, 3.05) is 11.9 Å². The van der Waals surface area contributed by atoms with Gasteiger partial charge in [0.1, 0.15) is 4.60 Å². The minimum absolute atomic E-state index is 0.878. The van der Waals surface area contributed by atoms with Crippen LogP contribution in [0.1, 0.15) is 10.7 Å². The van der Waals surface area contributed by atoms with Crippen LogP contribution in [0.4, 0.5) is 5.13 Å². The zero-order valence-corrected chi connectivity index (χ0v) is 11.4. The van der Waals surface area contributed by atoms with Gasteiger partial charge in [-0.1, -0.05) is 0 Å². The van der Waals surface area contributed by atoms with Crippen LogP contribution in [-0.4, -0.2) is 16.5 Å². The summed E-state index contributed by atoms with van der Waals surface area (Å²) >= 11 is 6.62. The summed E-state index contributed by atoms with van der Waals surface area (Å²) in [5.41, 5.74) is 1.15. The average Bonchev–Trinajstić information content (AvgIpc) is 2.76. The first-order valence-corrected chi connectivity index (χ1v) is 7.05. The minimum atomic E-state index is 0.878. The van der Waals surface area contributed by atoms with Crippen molar-refractivity contribution in [3.63, 3.8) is 0 Å². The molecule has 2 heterocycles. The molecule has 2 aromatic heterocycles. The quantitative estimate of drug-likeness (QED) is 0.941. The van der Waals surface area contributed by atoms with Crippen LogP contribution in [0, 0.1) is 6.92 Å². The minimum Gasteiger partial charge on any atom is -0.361 e. The monoisotopic (exact) mass is 303 g/mol. The fourth-order valence-electron chi connectivity index (χ4n) is 1.16. The second kappa shape index (κ2) is 5.05. The highest BCUT2D eigenvalue weighted by molar-refractivity contribution is 9.10. The van der Waals surface area contributed by atoms with Crippen LogP contribution in [0.5, 0.6) is 0 Å². The molecule has 6 heteroatoms. The summed E-state index contributed by atoms with van der Waals surface area (Å²) in [4.78, 5) is 8.65. The fourth-order valence-corrected chi connectivity index (χ4v) is 2.98. The van der Waals surface area contributed by atoms with Gasteiger partial charge in [0.2, 0.25) is 0 Å². The summed E-state index contributed by atoms with van der Waals surface area (Å²) in [6, 6.07) is 0. The van der Waals surface area contributed by atoms with Crippen molar-refractivity contribution in [1.29, 1.82) is 0 Å². The van der Waals surface area contributed by atoms with Gasteiger partial charge in [0.05, 0.1) is 10.7 Å². The van der Waals surface area contributed by atoms with E-state index in [1.807, 2.05) is 12.3 Å². The lowest BCUT2D eigenvalue weighted by molar-refractivity contribution is 0.965. The van der Waals surface area contributed by atoms with Crippen molar-refractivity contribution in [1.82, 2.24) is 9.97 Å². The Morgan fingerprint density at radius 3 is 2.80 bits per heavy atom. The molecular formula is C9H10BrN3S2. The van der Waals surface area contributed by atoms with Crippen LogP contribution in [0.25, 0.3) is 0 Å². The predicted molar refractivity (Wildman–Crippen MR) is 68.9 cm³/mol. The van der Waals surface area contributed by atoms with E-state index in [4.69, 9.17) is 0 Å². The van der Waals surface area contributed by atoms with Gasteiger partial charge in [-0.25, -0.2) is 9.97 Å². The molecule has 3 nitrogen and oxygen atoms in total. The normalized spacial score (nSPS) is 10.5. The highest BCUT2D eigenvalue weighted by Crippen LogP contribution is 2.19. The lowest BCUT2D eigenvalue weighted by Crippen LogP contribution is -2.04. The highest BCUT2D eigenvalue weighted by Gasteiger charge is 2.00. The van der Waals surface area contributed by atoms with E-state index in [0.29, 0.717) is 0 Å². The molecule has 0 atom stereocenters. The van der Waals surface area contributed by atoms with E-state index < -0.39 is 0 Å². The van der Waals surface area contributed by atoms with Crippen molar-refractivity contribution >= 4 is 43.7 Å². The fraction of sp³-hybridized carbons (Fsp3) is 0.333. The summed E-state index contributed by atoms with van der Waals surface area (Å²) in [5.74, 6) is 0. The van der Waals surface area contributed by atoms with E-state index in [2.05, 4.69) is 36.6 Å². The molecule has 0 saturated carbocycles. The number of anilines is 1. The molecule has 80 valence electrons. The molecule has 0 aromatic carbocycles. The Morgan fingerprint density at radius 1 is 1.33 bits per heavy atom. The second-order valence-corrected chi connectivity index (χ2v) is 5.74. The molecule has 1 N–H and O–H groups in total. The van der Waals surface area contributed by atoms with E-state index >= 15 is 0 Å². The summed E-state index contributed by atoms with van der Waals surface area (Å²) in [5, 5.41) is 9.42. The topological polar surface area (TPSA) is 37.8 Å². The molecular weight excluding hydrogens is 294 g/mol. The third-order valence-electron chi connectivity index (χ3n) is 1.80. The van der Waals surface area contributed by atoms with E-state index in [0.717, 1.165) is 33.4 Å². The summed E-state index contributed by atoms with van der Waals surface area (Å²) in [6.07, 6.45) is 0.946. The molecule has 0 aliphatic carbocycles. The van der Waals surface area contributed by atoms with Gasteiger partial charge in [-0.2, -0.15) is 0 Å². The van der Waals surface area contributed by atoms with Gasteiger partial charge in [0, 0.05) is 23.7 Å². The van der Waals surface area contributed by atoms with Gasteiger partial charge in [-0.3, -0.25) is 0 Å². The average molecular weight is 304 g/mol. The van der Waals surface area contributed by atoms with Crippen LogP contribution in [-0.2, 0) is 6.42 Å². The Labute approximate surface area is 105 Å². The smallest absolute Gasteiger partial charge is 0.183 e. The van der Waals surface area contributed by atoms with Crippen LogP contribution < -0.4 is 5.32 Å². The van der Waals surface area contributed by atoms with E-state index in [-0.39, 0.29) is 0 Å². The van der Waals surface area contributed by atoms with Crippen molar-refractivity contribution in [2.24, 2.45) is 0 Å². The first-order valence-electron chi connectivity index (χ1n) is 4.50. The summed E-state index contributed by atoms with van der Waals surface area (Å²) in [6.45, 7) is 2.91. The first-order chi connectivity index (χ1) is 7.24. The lowest BCUT2D eigenvalue weighted by atomic mass is 10.3. The number of hydrogen-bond donors (Lipinski definition) is 1. The van der Waals surface area contributed by atoms with Crippen LogP contribution in [0.3, 0.4) is 0 Å². The molecule has 0 radical (unpaired) electrons. The largest absolute Gasteiger partial charge is 0.361 e. The maximum Gasteiger partial charge on any atom is 0.183 e. The van der Waals surface area contributed by atoms with E-state index in [1.54, 1.807) is 22.7 Å². The Morgan fingerprint density at radius 2 is 2.20 bits per heavy atom. The Hall–Kier alpha value is -0.460. The van der Waals surface area contributed by atoms with Crippen LogP contribution in [0.15, 0.2) is 15.4 Å². The number of nitrogens with zero attached hydrogens (tertiary/aromatic N) is 2. The lowest BCUT2D eigenvalue weighted by Gasteiger charge is -1.99. The number of aromatic nitrogens is 2.